The number of likely N-dealkylation sites (tertiary alicyclic amines) is 1. The van der Waals surface area contributed by atoms with Gasteiger partial charge in [0, 0.05) is 12.1 Å². The van der Waals surface area contributed by atoms with Gasteiger partial charge in [0.15, 0.2) is 6.29 Å². The Bertz CT molecular complexity index is 1010. The summed E-state index contributed by atoms with van der Waals surface area (Å²) in [6.07, 6.45) is 0.120. The van der Waals surface area contributed by atoms with E-state index in [1.54, 1.807) is 4.90 Å². The molecule has 162 valence electrons. The maximum atomic E-state index is 12.5. The number of aliphatic hydroxyl groups is 2. The van der Waals surface area contributed by atoms with Crippen LogP contribution in [0.15, 0.2) is 59.0 Å². The molecule has 4 rings (SSSR count). The molecule has 0 radical (unpaired) electrons. The summed E-state index contributed by atoms with van der Waals surface area (Å²) in [5.74, 6) is 1.85. The second kappa shape index (κ2) is 9.32. The van der Waals surface area contributed by atoms with Gasteiger partial charge in [-0.1, -0.05) is 30.3 Å². The van der Waals surface area contributed by atoms with Gasteiger partial charge in [0.25, 0.3) is 0 Å². The highest BCUT2D eigenvalue weighted by atomic mass is 16.5. The van der Waals surface area contributed by atoms with Crippen LogP contribution in [-0.2, 0) is 17.8 Å². The van der Waals surface area contributed by atoms with E-state index in [0.29, 0.717) is 30.4 Å². The number of aryl methyl sites for hydroxylation is 1. The number of hydrogen-bond acceptors (Lipinski definition) is 6. The molecule has 7 heteroatoms. The monoisotopic (exact) mass is 422 g/mol. The van der Waals surface area contributed by atoms with Gasteiger partial charge in [0.2, 0.25) is 11.8 Å². The van der Waals surface area contributed by atoms with E-state index in [0.717, 1.165) is 23.2 Å². The van der Waals surface area contributed by atoms with Crippen LogP contribution in [0, 0.1) is 6.92 Å². The molecule has 2 N–H and O–H groups in total. The Kier molecular flexibility index (Phi) is 6.34. The first-order chi connectivity index (χ1) is 15.0. The van der Waals surface area contributed by atoms with Crippen molar-refractivity contribution in [3.63, 3.8) is 0 Å². The molecule has 0 spiro atoms. The number of carbonyl (C=O) groups excluding carboxylic acids is 1. The van der Waals surface area contributed by atoms with Crippen LogP contribution in [0.1, 0.15) is 29.9 Å². The first-order valence-electron chi connectivity index (χ1n) is 10.4. The van der Waals surface area contributed by atoms with Gasteiger partial charge in [-0.2, -0.15) is 0 Å². The van der Waals surface area contributed by atoms with E-state index in [4.69, 9.17) is 9.15 Å². The van der Waals surface area contributed by atoms with E-state index >= 15 is 0 Å². The first-order valence-corrected chi connectivity index (χ1v) is 10.4. The number of aliphatic hydroxyl groups excluding tert-OH is 1. The third-order valence-electron chi connectivity index (χ3n) is 5.53. The smallest absolute Gasteiger partial charge is 0.227 e. The van der Waals surface area contributed by atoms with Gasteiger partial charge in [-0.25, -0.2) is 4.98 Å². The van der Waals surface area contributed by atoms with Crippen LogP contribution in [-0.4, -0.2) is 44.9 Å². The van der Waals surface area contributed by atoms with E-state index in [1.807, 2.05) is 61.5 Å². The lowest BCUT2D eigenvalue weighted by molar-refractivity contribution is -0.142. The molecule has 1 atom stereocenters. The molecule has 3 aromatic rings. The molecule has 1 aliphatic rings. The molecule has 0 bridgehead atoms. The summed E-state index contributed by atoms with van der Waals surface area (Å²) in [6.45, 7) is 2.70. The van der Waals surface area contributed by atoms with Crippen molar-refractivity contribution in [3.8, 4) is 17.2 Å². The van der Waals surface area contributed by atoms with Crippen LogP contribution < -0.4 is 4.74 Å². The average Bonchev–Trinajstić information content (AvgIpc) is 3.41. The third-order valence-corrected chi connectivity index (χ3v) is 5.53. The summed E-state index contributed by atoms with van der Waals surface area (Å²) in [5.41, 5.74) is 2.50. The molecule has 0 saturated carbocycles. The number of aromatic nitrogens is 1. The van der Waals surface area contributed by atoms with Gasteiger partial charge < -0.3 is 24.3 Å². The van der Waals surface area contributed by atoms with Crippen molar-refractivity contribution in [1.82, 2.24) is 9.88 Å². The Hall–Kier alpha value is -3.16. The Morgan fingerprint density at radius 3 is 2.65 bits per heavy atom. The van der Waals surface area contributed by atoms with Crippen LogP contribution in [0.4, 0.5) is 0 Å². The number of rotatable bonds is 7. The summed E-state index contributed by atoms with van der Waals surface area (Å²) in [5, 5.41) is 18.9. The van der Waals surface area contributed by atoms with Gasteiger partial charge in [0.1, 0.15) is 23.8 Å². The molecule has 1 fully saturated rings. The fourth-order valence-corrected chi connectivity index (χ4v) is 3.81. The van der Waals surface area contributed by atoms with Crippen molar-refractivity contribution < 1.29 is 24.2 Å². The van der Waals surface area contributed by atoms with E-state index in [1.165, 1.54) is 0 Å². The van der Waals surface area contributed by atoms with Crippen molar-refractivity contribution in [2.75, 3.05) is 6.54 Å². The van der Waals surface area contributed by atoms with Gasteiger partial charge in [0.05, 0.1) is 12.5 Å². The second-order valence-electron chi connectivity index (χ2n) is 7.71. The molecule has 1 saturated heterocycles. The Labute approximate surface area is 180 Å². The molecule has 1 amide bonds. The van der Waals surface area contributed by atoms with Gasteiger partial charge in [-0.15, -0.1) is 0 Å². The van der Waals surface area contributed by atoms with Crippen LogP contribution >= 0.6 is 0 Å². The third kappa shape index (κ3) is 4.95. The maximum absolute atomic E-state index is 12.5. The van der Waals surface area contributed by atoms with Crippen molar-refractivity contribution >= 4 is 5.91 Å². The highest BCUT2D eigenvalue weighted by molar-refractivity contribution is 5.79. The van der Waals surface area contributed by atoms with Gasteiger partial charge in [-0.3, -0.25) is 4.79 Å². The number of benzene rings is 2. The van der Waals surface area contributed by atoms with Crippen LogP contribution in [0.25, 0.3) is 11.5 Å². The van der Waals surface area contributed by atoms with Crippen molar-refractivity contribution in [2.24, 2.45) is 0 Å². The first kappa shape index (κ1) is 21.1. The van der Waals surface area contributed by atoms with Gasteiger partial charge >= 0.3 is 0 Å². The molecule has 0 unspecified atom stereocenters. The zero-order valence-corrected chi connectivity index (χ0v) is 17.4. The summed E-state index contributed by atoms with van der Waals surface area (Å²) < 4.78 is 11.6. The van der Waals surface area contributed by atoms with Gasteiger partial charge in [-0.05, 0) is 49.6 Å². The maximum Gasteiger partial charge on any atom is 0.227 e. The highest BCUT2D eigenvalue weighted by Gasteiger charge is 2.32. The predicted molar refractivity (Wildman–Crippen MR) is 114 cm³/mol. The Balaban J connectivity index is 1.34. The van der Waals surface area contributed by atoms with E-state index < -0.39 is 12.3 Å². The molecule has 2 heterocycles. The number of hydrogen-bond donors (Lipinski definition) is 2. The molecular formula is C24H26N2O5. The standard InChI is InChI=1S/C24H26N2O5/c1-16-20(25-23(31-16)18-6-3-2-4-7-18)15-30-19-11-9-17(10-12-19)14-22(27)26-13-5-8-21(26)24(28)29/h2-4,6-7,9-12,21,24,28-29H,5,8,13-15H2,1H3/t21-/m1/s1. The normalized spacial score (nSPS) is 16.1. The second-order valence-corrected chi connectivity index (χ2v) is 7.71. The summed E-state index contributed by atoms with van der Waals surface area (Å²) in [6, 6.07) is 16.5. The number of ether oxygens (including phenoxy) is 1. The molecule has 1 aliphatic heterocycles. The predicted octanol–water partition coefficient (Wildman–Crippen LogP) is 3.07. The molecule has 0 aliphatic carbocycles. The lowest BCUT2D eigenvalue weighted by Crippen LogP contribution is -2.43. The Morgan fingerprint density at radius 1 is 1.19 bits per heavy atom. The highest BCUT2D eigenvalue weighted by Crippen LogP contribution is 2.24. The lowest BCUT2D eigenvalue weighted by atomic mass is 10.1. The zero-order chi connectivity index (χ0) is 21.8. The number of amides is 1. The molecule has 31 heavy (non-hydrogen) atoms. The quantitative estimate of drug-likeness (QED) is 0.568. The average molecular weight is 422 g/mol. The minimum Gasteiger partial charge on any atom is -0.487 e. The fraction of sp³-hybridized carbons (Fsp3) is 0.333. The molecular weight excluding hydrogens is 396 g/mol. The zero-order valence-electron chi connectivity index (χ0n) is 17.4. The summed E-state index contributed by atoms with van der Waals surface area (Å²) in [4.78, 5) is 18.6. The minimum absolute atomic E-state index is 0.101. The number of nitrogens with zero attached hydrogens (tertiary/aromatic N) is 2. The van der Waals surface area contributed by atoms with Crippen LogP contribution in [0.5, 0.6) is 5.75 Å². The van der Waals surface area contributed by atoms with Crippen LogP contribution in [0.3, 0.4) is 0 Å². The van der Waals surface area contributed by atoms with E-state index in [2.05, 4.69) is 4.98 Å². The molecule has 1 aromatic heterocycles. The minimum atomic E-state index is -1.50. The topological polar surface area (TPSA) is 96.0 Å². The van der Waals surface area contributed by atoms with Crippen molar-refractivity contribution in [1.29, 1.82) is 0 Å². The van der Waals surface area contributed by atoms with E-state index in [9.17, 15) is 15.0 Å². The van der Waals surface area contributed by atoms with Crippen molar-refractivity contribution in [2.45, 2.75) is 45.1 Å². The number of carbonyl (C=O) groups is 1. The largest absolute Gasteiger partial charge is 0.487 e. The summed E-state index contributed by atoms with van der Waals surface area (Å²) >= 11 is 0. The summed E-state index contributed by atoms with van der Waals surface area (Å²) in [7, 11) is 0. The molecule has 7 nitrogen and oxygen atoms in total. The SMILES string of the molecule is Cc1oc(-c2ccccc2)nc1COc1ccc(CC(=O)N2CCC[C@@H]2C(O)O)cc1. The Morgan fingerprint density at radius 2 is 1.94 bits per heavy atom. The lowest BCUT2D eigenvalue weighted by Gasteiger charge is -2.26. The van der Waals surface area contributed by atoms with Crippen LogP contribution in [0.2, 0.25) is 0 Å². The number of oxazole rings is 1. The van der Waals surface area contributed by atoms with Crippen molar-refractivity contribution in [3.05, 3.63) is 71.6 Å². The molecule has 2 aromatic carbocycles. The van der Waals surface area contributed by atoms with E-state index in [-0.39, 0.29) is 18.9 Å². The fourth-order valence-electron chi connectivity index (χ4n) is 3.81.